The lowest BCUT2D eigenvalue weighted by Gasteiger charge is -2.27. The Hall–Kier alpha value is -2.80. The summed E-state index contributed by atoms with van der Waals surface area (Å²) in [7, 11) is 0. The van der Waals surface area contributed by atoms with Gasteiger partial charge in [0.05, 0.1) is 0 Å². The number of para-hydroxylation sites is 1. The van der Waals surface area contributed by atoms with E-state index in [4.69, 9.17) is 0 Å². The van der Waals surface area contributed by atoms with Gasteiger partial charge in [-0.15, -0.1) is 0 Å². The predicted molar refractivity (Wildman–Crippen MR) is 151 cm³/mol. The van der Waals surface area contributed by atoms with Gasteiger partial charge < -0.3 is 5.32 Å². The van der Waals surface area contributed by atoms with Gasteiger partial charge in [-0.2, -0.15) is 0 Å². The van der Waals surface area contributed by atoms with Crippen molar-refractivity contribution in [3.05, 3.63) is 95.1 Å². The average Bonchev–Trinajstić information content (AvgIpc) is 2.84. The molecule has 0 amide bonds. The second kappa shape index (κ2) is 11.6. The third-order valence-electron chi connectivity index (χ3n) is 7.25. The number of benzene rings is 3. The molecule has 3 aromatic carbocycles. The van der Waals surface area contributed by atoms with Gasteiger partial charge >= 0.3 is 0 Å². The molecule has 2 unspecified atom stereocenters. The molecule has 0 aliphatic rings. The van der Waals surface area contributed by atoms with E-state index < -0.39 is 0 Å². The molecule has 0 fully saturated rings. The molecule has 0 aliphatic carbocycles. The Labute approximate surface area is 208 Å². The lowest BCUT2D eigenvalue weighted by atomic mass is 9.83. The van der Waals surface area contributed by atoms with Crippen LogP contribution in [0.5, 0.6) is 0 Å². The molecule has 3 rings (SSSR count). The Morgan fingerprint density at radius 1 is 0.735 bits per heavy atom. The van der Waals surface area contributed by atoms with Crippen LogP contribution in [0.3, 0.4) is 0 Å². The van der Waals surface area contributed by atoms with Crippen LogP contribution in [0.4, 0.5) is 11.4 Å². The van der Waals surface area contributed by atoms with E-state index in [2.05, 4.69) is 134 Å². The van der Waals surface area contributed by atoms with Gasteiger partial charge in [0.1, 0.15) is 0 Å². The molecule has 3 aromatic rings. The van der Waals surface area contributed by atoms with Gasteiger partial charge in [-0.25, -0.2) is 0 Å². The van der Waals surface area contributed by atoms with E-state index in [9.17, 15) is 0 Å². The number of anilines is 2. The Bertz CT molecular complexity index is 1080. The van der Waals surface area contributed by atoms with Crippen LogP contribution in [-0.4, -0.2) is 0 Å². The molecule has 34 heavy (non-hydrogen) atoms. The highest BCUT2D eigenvalue weighted by Gasteiger charge is 2.21. The van der Waals surface area contributed by atoms with Crippen molar-refractivity contribution in [3.8, 4) is 11.1 Å². The fourth-order valence-electron chi connectivity index (χ4n) is 5.04. The lowest BCUT2D eigenvalue weighted by molar-refractivity contribution is 0.604. The highest BCUT2D eigenvalue weighted by molar-refractivity contribution is 5.77. The normalized spacial score (nSPS) is 13.9. The zero-order valence-electron chi connectivity index (χ0n) is 22.4. The first-order valence-corrected chi connectivity index (χ1v) is 13.0. The van der Waals surface area contributed by atoms with Crippen LogP contribution in [0.25, 0.3) is 11.1 Å². The molecule has 0 aromatic heterocycles. The molecule has 1 N–H and O–H groups in total. The number of hydrogen-bond acceptors (Lipinski definition) is 1. The van der Waals surface area contributed by atoms with Gasteiger partial charge in [0.15, 0.2) is 0 Å². The van der Waals surface area contributed by atoms with E-state index in [0.29, 0.717) is 23.7 Å². The predicted octanol–water partition coefficient (Wildman–Crippen LogP) is 10.4. The van der Waals surface area contributed by atoms with E-state index in [-0.39, 0.29) is 0 Å². The first kappa shape index (κ1) is 25.8. The largest absolute Gasteiger partial charge is 0.355 e. The Morgan fingerprint density at radius 3 is 1.82 bits per heavy atom. The number of nitrogens with one attached hydrogen (secondary N) is 1. The molecule has 0 radical (unpaired) electrons. The maximum absolute atomic E-state index is 3.94. The molecule has 0 heterocycles. The minimum Gasteiger partial charge on any atom is -0.355 e. The van der Waals surface area contributed by atoms with E-state index in [1.807, 2.05) is 0 Å². The quantitative estimate of drug-likeness (QED) is 0.318. The van der Waals surface area contributed by atoms with Crippen LogP contribution in [0.1, 0.15) is 96.3 Å². The van der Waals surface area contributed by atoms with Crippen molar-refractivity contribution in [2.45, 2.75) is 79.6 Å². The summed E-state index contributed by atoms with van der Waals surface area (Å²) in [5, 5.41) is 3.94. The molecule has 180 valence electrons. The molecular formula is C33H43N. The Balaban J connectivity index is 2.13. The summed E-state index contributed by atoms with van der Waals surface area (Å²) in [4.78, 5) is 0. The van der Waals surface area contributed by atoms with Gasteiger partial charge in [0.2, 0.25) is 0 Å². The maximum atomic E-state index is 3.94. The summed E-state index contributed by atoms with van der Waals surface area (Å²) in [6.07, 6.45) is 3.49. The van der Waals surface area contributed by atoms with Gasteiger partial charge in [0.25, 0.3) is 0 Å². The molecular weight excluding hydrogens is 410 g/mol. The minimum atomic E-state index is 0.372. The summed E-state index contributed by atoms with van der Waals surface area (Å²) < 4.78 is 0. The zero-order valence-corrected chi connectivity index (χ0v) is 22.4. The van der Waals surface area contributed by atoms with Crippen LogP contribution in [0.2, 0.25) is 0 Å². The summed E-state index contributed by atoms with van der Waals surface area (Å²) in [6, 6.07) is 24.4. The first-order valence-electron chi connectivity index (χ1n) is 13.0. The van der Waals surface area contributed by atoms with Crippen molar-refractivity contribution in [3.63, 3.8) is 0 Å². The highest BCUT2D eigenvalue weighted by Crippen LogP contribution is 2.41. The van der Waals surface area contributed by atoms with Crippen molar-refractivity contribution in [2.24, 2.45) is 5.92 Å². The van der Waals surface area contributed by atoms with Crippen LogP contribution >= 0.6 is 0 Å². The topological polar surface area (TPSA) is 12.0 Å². The van der Waals surface area contributed by atoms with Crippen molar-refractivity contribution >= 4 is 11.4 Å². The van der Waals surface area contributed by atoms with Crippen LogP contribution in [0, 0.1) is 5.92 Å². The summed E-state index contributed by atoms with van der Waals surface area (Å²) in [5.41, 5.74) is 10.7. The molecule has 0 saturated heterocycles. The van der Waals surface area contributed by atoms with E-state index in [0.717, 1.165) is 6.42 Å². The summed E-state index contributed by atoms with van der Waals surface area (Å²) in [6.45, 7) is 18.4. The summed E-state index contributed by atoms with van der Waals surface area (Å²) in [5.74, 6) is 1.78. The van der Waals surface area contributed by atoms with Crippen molar-refractivity contribution in [1.82, 2.24) is 0 Å². The monoisotopic (exact) mass is 453 g/mol. The van der Waals surface area contributed by atoms with Crippen LogP contribution < -0.4 is 5.32 Å². The molecule has 1 heteroatoms. The standard InChI is InChI=1S/C33H43N/c1-9-24(7)28(10-2)25(8)29-18-14-15-19-32(29)34-33-30(22(3)4)20-27(21-31(33)23(5)6)26-16-12-11-13-17-26/h10-25,34H,9H2,1-8H3/b28-10-. The molecule has 0 bridgehead atoms. The third-order valence-corrected chi connectivity index (χ3v) is 7.25. The lowest BCUT2D eigenvalue weighted by Crippen LogP contribution is -2.10. The summed E-state index contributed by atoms with van der Waals surface area (Å²) >= 11 is 0. The van der Waals surface area contributed by atoms with Crippen molar-refractivity contribution in [1.29, 1.82) is 0 Å². The van der Waals surface area contributed by atoms with E-state index in [1.54, 1.807) is 0 Å². The van der Waals surface area contributed by atoms with Crippen LogP contribution in [-0.2, 0) is 0 Å². The molecule has 0 aliphatic heterocycles. The van der Waals surface area contributed by atoms with Crippen molar-refractivity contribution < 1.29 is 0 Å². The number of hydrogen-bond donors (Lipinski definition) is 1. The molecule has 0 spiro atoms. The van der Waals surface area contributed by atoms with Gasteiger partial charge in [-0.1, -0.05) is 109 Å². The smallest absolute Gasteiger partial charge is 0.0455 e. The first-order chi connectivity index (χ1) is 16.3. The number of allylic oxidation sites excluding steroid dienone is 2. The van der Waals surface area contributed by atoms with Crippen molar-refractivity contribution in [2.75, 3.05) is 5.32 Å². The fraction of sp³-hybridized carbons (Fsp3) is 0.394. The second-order valence-corrected chi connectivity index (χ2v) is 10.2. The second-order valence-electron chi connectivity index (χ2n) is 10.2. The molecule has 0 saturated carbocycles. The third kappa shape index (κ3) is 5.63. The minimum absolute atomic E-state index is 0.372. The fourth-order valence-corrected chi connectivity index (χ4v) is 5.04. The van der Waals surface area contributed by atoms with Gasteiger partial charge in [-0.05, 0) is 77.1 Å². The number of rotatable bonds is 9. The van der Waals surface area contributed by atoms with E-state index >= 15 is 0 Å². The maximum Gasteiger partial charge on any atom is 0.0455 e. The Kier molecular flexibility index (Phi) is 8.78. The van der Waals surface area contributed by atoms with Gasteiger partial charge in [0, 0.05) is 17.3 Å². The van der Waals surface area contributed by atoms with Crippen LogP contribution in [0.15, 0.2) is 78.4 Å². The zero-order chi connectivity index (χ0) is 24.8. The highest BCUT2D eigenvalue weighted by atomic mass is 14.9. The molecule has 2 atom stereocenters. The van der Waals surface area contributed by atoms with Gasteiger partial charge in [-0.3, -0.25) is 0 Å². The molecule has 1 nitrogen and oxygen atoms in total. The van der Waals surface area contributed by atoms with E-state index in [1.165, 1.54) is 44.8 Å². The SMILES string of the molecule is C/C=C(/C(C)CC)C(C)c1ccccc1Nc1c(C(C)C)cc(-c2ccccc2)cc1C(C)C. The average molecular weight is 454 g/mol. The Morgan fingerprint density at radius 2 is 1.29 bits per heavy atom.